The van der Waals surface area contributed by atoms with Crippen LogP contribution >= 0.6 is 0 Å². The fourth-order valence-corrected chi connectivity index (χ4v) is 1.16. The van der Waals surface area contributed by atoms with E-state index in [0.29, 0.717) is 0 Å². The lowest BCUT2D eigenvalue weighted by Gasteiger charge is -2.01. The summed E-state index contributed by atoms with van der Waals surface area (Å²) < 4.78 is 0. The number of hydrogen-bond acceptors (Lipinski definition) is 3. The van der Waals surface area contributed by atoms with E-state index in [2.05, 4.69) is 22.1 Å². The molecule has 3 N–H and O–H groups in total. The maximum Gasteiger partial charge on any atom is 0.0548 e. The predicted octanol–water partition coefficient (Wildman–Crippen LogP) is 1.67. The van der Waals surface area contributed by atoms with Gasteiger partial charge in [-0.2, -0.15) is 0 Å². The monoisotopic (exact) mass is 215 g/mol. The minimum atomic E-state index is 0.781. The zero-order chi connectivity index (χ0) is 11.5. The van der Waals surface area contributed by atoms with Crippen LogP contribution in [-0.2, 0) is 0 Å². The van der Waals surface area contributed by atoms with Crippen LogP contribution < -0.4 is 11.1 Å². The molecule has 0 saturated carbocycles. The third-order valence-corrected chi connectivity index (χ3v) is 1.94. The third-order valence-electron chi connectivity index (χ3n) is 1.94. The van der Waals surface area contributed by atoms with Crippen LogP contribution in [0.2, 0.25) is 0 Å². The number of hydrogen-bond donors (Lipinski definition) is 2. The average molecular weight is 215 g/mol. The van der Waals surface area contributed by atoms with E-state index in [1.165, 1.54) is 6.20 Å². The summed E-state index contributed by atoms with van der Waals surface area (Å²) in [7, 11) is 0. The van der Waals surface area contributed by atoms with E-state index in [4.69, 9.17) is 5.73 Å². The molecule has 0 saturated heterocycles. The van der Waals surface area contributed by atoms with Crippen LogP contribution in [0.1, 0.15) is 6.42 Å². The fraction of sp³-hybridized carbons (Fsp3) is 0.231. The summed E-state index contributed by atoms with van der Waals surface area (Å²) in [6.45, 7) is 1.71. The summed E-state index contributed by atoms with van der Waals surface area (Å²) >= 11 is 0. The Morgan fingerprint density at radius 1 is 1.38 bits per heavy atom. The van der Waals surface area contributed by atoms with Gasteiger partial charge in [-0.25, -0.2) is 0 Å². The van der Waals surface area contributed by atoms with Crippen LogP contribution in [0.3, 0.4) is 0 Å². The topological polar surface area (TPSA) is 50.4 Å². The number of nitrogens with two attached hydrogens (primary N) is 1. The molecule has 0 aromatic carbocycles. The van der Waals surface area contributed by atoms with Crippen molar-refractivity contribution in [1.29, 1.82) is 0 Å². The molecular formula is C13H17N3. The van der Waals surface area contributed by atoms with Gasteiger partial charge in [0.1, 0.15) is 0 Å². The SMILES string of the molecule is N/C=C\C=C/CCNCC1=CC=C=CC=N1. The first-order valence-corrected chi connectivity index (χ1v) is 5.32. The Morgan fingerprint density at radius 3 is 3.19 bits per heavy atom. The molecule has 84 valence electrons. The summed E-state index contributed by atoms with van der Waals surface area (Å²) in [6.07, 6.45) is 15.7. The molecule has 0 aromatic heterocycles. The standard InChI is InChI=1S/C13H17N3/c14-9-5-1-2-6-10-15-12-13-8-4-3-7-11-16-13/h1-2,4-5,7-9,11,15H,6,10,12,14H2/b2-1-,9-5-. The van der Waals surface area contributed by atoms with E-state index in [0.717, 1.165) is 25.2 Å². The Kier molecular flexibility index (Phi) is 6.48. The van der Waals surface area contributed by atoms with E-state index in [9.17, 15) is 0 Å². The molecule has 1 aliphatic rings. The number of nitrogens with one attached hydrogen (secondary N) is 1. The summed E-state index contributed by atoms with van der Waals surface area (Å²) in [6, 6.07) is 0. The Balaban J connectivity index is 2.12. The Hall–Kier alpha value is -1.83. The molecule has 0 amide bonds. The molecule has 0 aliphatic carbocycles. The van der Waals surface area contributed by atoms with Crippen LogP contribution in [-0.4, -0.2) is 19.3 Å². The lowest BCUT2D eigenvalue weighted by Crippen LogP contribution is -2.17. The number of aliphatic imine (C=N–C) groups is 1. The second-order valence-corrected chi connectivity index (χ2v) is 3.21. The molecular weight excluding hydrogens is 198 g/mol. The minimum Gasteiger partial charge on any atom is -0.405 e. The zero-order valence-electron chi connectivity index (χ0n) is 9.26. The van der Waals surface area contributed by atoms with Crippen molar-refractivity contribution in [2.45, 2.75) is 6.42 Å². The lowest BCUT2D eigenvalue weighted by atomic mass is 10.3. The first-order chi connectivity index (χ1) is 7.93. The van der Waals surface area contributed by atoms with E-state index >= 15 is 0 Å². The van der Waals surface area contributed by atoms with Crippen molar-refractivity contribution in [3.8, 4) is 0 Å². The quantitative estimate of drug-likeness (QED) is 0.402. The van der Waals surface area contributed by atoms with Crippen molar-refractivity contribution >= 4 is 6.21 Å². The number of rotatable bonds is 6. The molecule has 3 heteroatoms. The van der Waals surface area contributed by atoms with Gasteiger partial charge in [0.15, 0.2) is 0 Å². The first kappa shape index (κ1) is 12.2. The van der Waals surface area contributed by atoms with Crippen LogP contribution in [0.5, 0.6) is 0 Å². The summed E-state index contributed by atoms with van der Waals surface area (Å²) in [5.41, 5.74) is 9.19. The summed E-state index contributed by atoms with van der Waals surface area (Å²) in [5.74, 6) is 0. The van der Waals surface area contributed by atoms with Gasteiger partial charge >= 0.3 is 0 Å². The van der Waals surface area contributed by atoms with Gasteiger partial charge in [0.25, 0.3) is 0 Å². The summed E-state index contributed by atoms with van der Waals surface area (Å²) in [5, 5.41) is 3.31. The minimum absolute atomic E-state index is 0.781. The first-order valence-electron chi connectivity index (χ1n) is 5.32. The van der Waals surface area contributed by atoms with Crippen LogP contribution in [0, 0.1) is 0 Å². The zero-order valence-corrected chi connectivity index (χ0v) is 9.26. The molecule has 0 atom stereocenters. The largest absolute Gasteiger partial charge is 0.405 e. The van der Waals surface area contributed by atoms with Crippen molar-refractivity contribution in [2.24, 2.45) is 10.7 Å². The van der Waals surface area contributed by atoms with E-state index < -0.39 is 0 Å². The van der Waals surface area contributed by atoms with Gasteiger partial charge in [-0.3, -0.25) is 4.99 Å². The molecule has 3 nitrogen and oxygen atoms in total. The van der Waals surface area contributed by atoms with Crippen LogP contribution in [0.4, 0.5) is 0 Å². The molecule has 1 rings (SSSR count). The van der Waals surface area contributed by atoms with E-state index in [1.54, 1.807) is 12.3 Å². The van der Waals surface area contributed by atoms with E-state index in [-0.39, 0.29) is 0 Å². The maximum atomic E-state index is 5.20. The Labute approximate surface area is 96.4 Å². The second-order valence-electron chi connectivity index (χ2n) is 3.21. The molecule has 0 unspecified atom stereocenters. The van der Waals surface area contributed by atoms with Crippen molar-refractivity contribution < 1.29 is 0 Å². The number of allylic oxidation sites excluding steroid dienone is 4. The van der Waals surface area contributed by atoms with Gasteiger partial charge in [0, 0.05) is 12.8 Å². The Bertz CT molecular complexity index is 367. The third kappa shape index (κ3) is 5.81. The van der Waals surface area contributed by atoms with E-state index in [1.807, 2.05) is 24.3 Å². The lowest BCUT2D eigenvalue weighted by molar-refractivity contribution is 0.735. The van der Waals surface area contributed by atoms with Crippen molar-refractivity contribution in [1.82, 2.24) is 5.32 Å². The molecule has 16 heavy (non-hydrogen) atoms. The van der Waals surface area contributed by atoms with Gasteiger partial charge in [-0.05, 0) is 43.5 Å². The molecule has 0 spiro atoms. The predicted molar refractivity (Wildman–Crippen MR) is 69.2 cm³/mol. The van der Waals surface area contributed by atoms with Crippen molar-refractivity contribution in [2.75, 3.05) is 13.1 Å². The summed E-state index contributed by atoms with van der Waals surface area (Å²) in [4.78, 5) is 4.25. The average Bonchev–Trinajstić information content (AvgIpc) is 2.56. The van der Waals surface area contributed by atoms with Gasteiger partial charge in [0.2, 0.25) is 0 Å². The smallest absolute Gasteiger partial charge is 0.0548 e. The highest BCUT2D eigenvalue weighted by Crippen LogP contribution is 1.97. The van der Waals surface area contributed by atoms with Gasteiger partial charge in [0.05, 0.1) is 5.70 Å². The maximum absolute atomic E-state index is 5.20. The highest BCUT2D eigenvalue weighted by Gasteiger charge is 1.92. The van der Waals surface area contributed by atoms with Crippen molar-refractivity contribution in [3.63, 3.8) is 0 Å². The van der Waals surface area contributed by atoms with Gasteiger partial charge in [-0.15, -0.1) is 5.73 Å². The number of nitrogens with zero attached hydrogens (tertiary/aromatic N) is 1. The van der Waals surface area contributed by atoms with Gasteiger partial charge in [-0.1, -0.05) is 12.2 Å². The fourth-order valence-electron chi connectivity index (χ4n) is 1.16. The highest BCUT2D eigenvalue weighted by atomic mass is 14.9. The highest BCUT2D eigenvalue weighted by molar-refractivity contribution is 5.72. The molecule has 1 aliphatic heterocycles. The van der Waals surface area contributed by atoms with Crippen LogP contribution in [0.25, 0.3) is 0 Å². The molecule has 1 heterocycles. The Morgan fingerprint density at radius 2 is 2.31 bits per heavy atom. The van der Waals surface area contributed by atoms with Crippen LogP contribution in [0.15, 0.2) is 59.1 Å². The van der Waals surface area contributed by atoms with Crippen molar-refractivity contribution in [3.05, 3.63) is 54.1 Å². The second kappa shape index (κ2) is 8.48. The normalized spacial score (nSPS) is 14.9. The molecule has 0 radical (unpaired) electrons. The molecule has 0 fully saturated rings. The molecule has 0 aromatic rings. The van der Waals surface area contributed by atoms with Gasteiger partial charge < -0.3 is 11.1 Å². The molecule has 0 bridgehead atoms.